The van der Waals surface area contributed by atoms with Crippen LogP contribution in [0, 0.1) is 0 Å². The molecule has 4 rings (SSSR count). The molecule has 0 saturated carbocycles. The number of fused-ring (bicyclic) bond motifs is 3. The van der Waals surface area contributed by atoms with Crippen LogP contribution in [0.25, 0.3) is 10.2 Å². The summed E-state index contributed by atoms with van der Waals surface area (Å²) < 4.78 is 2.51. The molecule has 3 nitrogen and oxygen atoms in total. The predicted molar refractivity (Wildman–Crippen MR) is 95.9 cm³/mol. The molecule has 23 heavy (non-hydrogen) atoms. The first kappa shape index (κ1) is 14.9. The van der Waals surface area contributed by atoms with Crippen LogP contribution in [0.15, 0.2) is 36.4 Å². The Morgan fingerprint density at radius 1 is 1.22 bits per heavy atom. The highest BCUT2D eigenvalue weighted by Gasteiger charge is 2.23. The topological polar surface area (TPSA) is 28.4 Å². The number of aryl methyl sites for hydroxylation is 2. The van der Waals surface area contributed by atoms with Gasteiger partial charge in [-0.25, -0.2) is 0 Å². The molecule has 4 heteroatoms. The third-order valence-corrected chi connectivity index (χ3v) is 5.93. The molecule has 3 heterocycles. The molecule has 1 N–H and O–H groups in total. The highest BCUT2D eigenvalue weighted by molar-refractivity contribution is 7.18. The summed E-state index contributed by atoms with van der Waals surface area (Å²) in [6, 6.07) is 12.9. The van der Waals surface area contributed by atoms with Crippen LogP contribution >= 0.6 is 11.3 Å². The molecule has 0 spiro atoms. The zero-order valence-electron chi connectivity index (χ0n) is 13.5. The summed E-state index contributed by atoms with van der Waals surface area (Å²) in [5.74, 6) is 0. The van der Waals surface area contributed by atoms with Gasteiger partial charge in [0.25, 0.3) is 0 Å². The molecule has 0 aliphatic carbocycles. The molecule has 3 aromatic rings. The van der Waals surface area contributed by atoms with Crippen LogP contribution in [0.3, 0.4) is 0 Å². The van der Waals surface area contributed by atoms with Crippen molar-refractivity contribution in [2.24, 2.45) is 0 Å². The Labute approximate surface area is 140 Å². The lowest BCUT2D eigenvalue weighted by atomic mass is 10.1. The zero-order chi connectivity index (χ0) is 15.8. The van der Waals surface area contributed by atoms with Gasteiger partial charge in [0.1, 0.15) is 4.83 Å². The van der Waals surface area contributed by atoms with Gasteiger partial charge in [0.05, 0.1) is 6.61 Å². The molecule has 0 unspecified atom stereocenters. The number of aliphatic hydroxyl groups is 1. The van der Waals surface area contributed by atoms with Gasteiger partial charge in [-0.15, -0.1) is 11.3 Å². The molecule has 0 radical (unpaired) electrons. The van der Waals surface area contributed by atoms with E-state index in [1.807, 2.05) is 0 Å². The van der Waals surface area contributed by atoms with Crippen molar-refractivity contribution in [2.75, 3.05) is 13.6 Å². The smallest absolute Gasteiger partial charge is 0.103 e. The van der Waals surface area contributed by atoms with Gasteiger partial charge in [-0.1, -0.05) is 30.3 Å². The number of aromatic nitrogens is 1. The first-order chi connectivity index (χ1) is 11.3. The maximum Gasteiger partial charge on any atom is 0.103 e. The fourth-order valence-corrected chi connectivity index (χ4v) is 4.69. The van der Waals surface area contributed by atoms with Crippen molar-refractivity contribution in [1.29, 1.82) is 0 Å². The SMILES string of the molecule is CN1CCc2c(c3cc(CO)sc3n2CCc2ccccc2)C1. The van der Waals surface area contributed by atoms with Crippen LogP contribution in [0.4, 0.5) is 0 Å². The van der Waals surface area contributed by atoms with E-state index in [0.29, 0.717) is 0 Å². The van der Waals surface area contributed by atoms with Crippen molar-refractivity contribution >= 4 is 21.6 Å². The number of hydrogen-bond acceptors (Lipinski definition) is 3. The van der Waals surface area contributed by atoms with Gasteiger partial charge in [-0.2, -0.15) is 0 Å². The first-order valence-electron chi connectivity index (χ1n) is 8.22. The van der Waals surface area contributed by atoms with Gasteiger partial charge in [0.15, 0.2) is 0 Å². The molecule has 0 saturated heterocycles. The van der Waals surface area contributed by atoms with Gasteiger partial charge >= 0.3 is 0 Å². The highest BCUT2D eigenvalue weighted by Crippen LogP contribution is 2.36. The Morgan fingerprint density at radius 2 is 2.04 bits per heavy atom. The second-order valence-corrected chi connectivity index (χ2v) is 7.51. The van der Waals surface area contributed by atoms with E-state index in [1.54, 1.807) is 11.3 Å². The Balaban J connectivity index is 1.73. The van der Waals surface area contributed by atoms with Crippen LogP contribution in [0.5, 0.6) is 0 Å². The normalized spacial score (nSPS) is 15.2. The first-order valence-corrected chi connectivity index (χ1v) is 9.04. The number of benzene rings is 1. The van der Waals surface area contributed by atoms with Crippen LogP contribution < -0.4 is 0 Å². The summed E-state index contributed by atoms with van der Waals surface area (Å²) in [7, 11) is 2.19. The van der Waals surface area contributed by atoms with Crippen LogP contribution in [0.1, 0.15) is 21.7 Å². The molecule has 0 bridgehead atoms. The molecule has 120 valence electrons. The van der Waals surface area contributed by atoms with Crippen molar-refractivity contribution in [3.63, 3.8) is 0 Å². The lowest BCUT2D eigenvalue weighted by Crippen LogP contribution is -2.27. The van der Waals surface area contributed by atoms with Crippen molar-refractivity contribution in [3.05, 3.63) is 58.1 Å². The van der Waals surface area contributed by atoms with Crippen LogP contribution in [-0.2, 0) is 32.5 Å². The monoisotopic (exact) mass is 326 g/mol. The lowest BCUT2D eigenvalue weighted by molar-refractivity contribution is 0.285. The van der Waals surface area contributed by atoms with E-state index in [9.17, 15) is 5.11 Å². The number of rotatable bonds is 4. The molecule has 1 aliphatic heterocycles. The van der Waals surface area contributed by atoms with Gasteiger partial charge in [0, 0.05) is 42.0 Å². The number of likely N-dealkylation sites (N-methyl/N-ethyl adjacent to an activating group) is 1. The molecular weight excluding hydrogens is 304 g/mol. The fraction of sp³-hybridized carbons (Fsp3) is 0.368. The van der Waals surface area contributed by atoms with E-state index < -0.39 is 0 Å². The van der Waals surface area contributed by atoms with Crippen molar-refractivity contribution < 1.29 is 5.11 Å². The third-order valence-electron chi connectivity index (χ3n) is 4.79. The summed E-state index contributed by atoms with van der Waals surface area (Å²) in [5.41, 5.74) is 4.36. The quantitative estimate of drug-likeness (QED) is 0.796. The summed E-state index contributed by atoms with van der Waals surface area (Å²) in [6.45, 7) is 3.31. The average molecular weight is 326 g/mol. The standard InChI is InChI=1S/C19H22N2OS/c1-20-9-8-18-17(12-20)16-11-15(13-22)23-19(16)21(18)10-7-14-5-3-2-4-6-14/h2-6,11,22H,7-10,12-13H2,1H3. The predicted octanol–water partition coefficient (Wildman–Crippen LogP) is 3.43. The minimum atomic E-state index is 0.142. The van der Waals surface area contributed by atoms with E-state index in [4.69, 9.17) is 0 Å². The summed E-state index contributed by atoms with van der Waals surface area (Å²) in [6.07, 6.45) is 2.18. The van der Waals surface area contributed by atoms with E-state index in [1.165, 1.54) is 27.0 Å². The molecule has 0 amide bonds. The number of thiophene rings is 1. The van der Waals surface area contributed by atoms with Crippen molar-refractivity contribution in [2.45, 2.75) is 32.5 Å². The largest absolute Gasteiger partial charge is 0.391 e. The van der Waals surface area contributed by atoms with Gasteiger partial charge < -0.3 is 14.6 Å². The van der Waals surface area contributed by atoms with E-state index in [-0.39, 0.29) is 6.61 Å². The van der Waals surface area contributed by atoms with Gasteiger partial charge in [-0.05, 0) is 30.7 Å². The summed E-state index contributed by atoms with van der Waals surface area (Å²) in [4.78, 5) is 4.80. The maximum atomic E-state index is 9.50. The Hall–Kier alpha value is -1.62. The molecule has 2 aromatic heterocycles. The van der Waals surface area contributed by atoms with Crippen molar-refractivity contribution in [1.82, 2.24) is 9.47 Å². The third kappa shape index (κ3) is 2.71. The fourth-order valence-electron chi connectivity index (χ4n) is 3.60. The minimum absolute atomic E-state index is 0.142. The number of hydrogen-bond donors (Lipinski definition) is 1. The average Bonchev–Trinajstić information content (AvgIpc) is 3.11. The summed E-state index contributed by atoms with van der Waals surface area (Å²) in [5, 5.41) is 10.9. The Bertz CT molecular complexity index is 819. The lowest BCUT2D eigenvalue weighted by Gasteiger charge is -2.24. The summed E-state index contributed by atoms with van der Waals surface area (Å²) >= 11 is 1.75. The second kappa shape index (κ2) is 6.11. The highest BCUT2D eigenvalue weighted by atomic mass is 32.1. The van der Waals surface area contributed by atoms with Gasteiger partial charge in [-0.3, -0.25) is 0 Å². The zero-order valence-corrected chi connectivity index (χ0v) is 14.3. The Kier molecular flexibility index (Phi) is 3.97. The molecule has 0 atom stereocenters. The van der Waals surface area contributed by atoms with E-state index in [0.717, 1.165) is 37.4 Å². The van der Waals surface area contributed by atoms with Crippen molar-refractivity contribution in [3.8, 4) is 0 Å². The maximum absolute atomic E-state index is 9.50. The number of aliphatic hydroxyl groups excluding tert-OH is 1. The molecule has 1 aliphatic rings. The molecular formula is C19H22N2OS. The Morgan fingerprint density at radius 3 is 2.83 bits per heavy atom. The minimum Gasteiger partial charge on any atom is -0.391 e. The van der Waals surface area contributed by atoms with Gasteiger partial charge in [0.2, 0.25) is 0 Å². The van der Waals surface area contributed by atoms with Crippen LogP contribution in [0.2, 0.25) is 0 Å². The van der Waals surface area contributed by atoms with E-state index >= 15 is 0 Å². The second-order valence-electron chi connectivity index (χ2n) is 6.39. The molecule has 0 fully saturated rings. The van der Waals surface area contributed by atoms with Crippen LogP contribution in [-0.4, -0.2) is 28.2 Å². The van der Waals surface area contributed by atoms with E-state index in [2.05, 4.69) is 52.9 Å². The molecule has 1 aromatic carbocycles. The number of nitrogens with zero attached hydrogens (tertiary/aromatic N) is 2.